The molecule has 0 spiro atoms. The van der Waals surface area contributed by atoms with Crippen LogP contribution in [0.1, 0.15) is 58.0 Å². The van der Waals surface area contributed by atoms with Gasteiger partial charge < -0.3 is 0 Å². The van der Waals surface area contributed by atoms with E-state index in [2.05, 4.69) is 77.6 Å². The molecular formula is C22H18Br4F2O4Se4. The Balaban J connectivity index is 0.000000221. The molecule has 0 aliphatic heterocycles. The Bertz CT molecular complexity index is 1410. The normalized spacial score (nSPS) is 12.1. The van der Waals surface area contributed by atoms with Gasteiger partial charge in [-0.2, -0.15) is 0 Å². The molecule has 36 heavy (non-hydrogen) atoms. The van der Waals surface area contributed by atoms with Crippen LogP contribution in [0.5, 0.6) is 0 Å². The summed E-state index contributed by atoms with van der Waals surface area (Å²) in [5.41, 5.74) is 0. The fourth-order valence-electron chi connectivity index (χ4n) is 3.23. The molecule has 4 heterocycles. The molecule has 0 amide bonds. The molecule has 4 rings (SSSR count). The first-order chi connectivity index (χ1) is 17.0. The number of hydrogen-bond donors (Lipinski definition) is 1. The molecule has 0 saturated heterocycles. The Morgan fingerprint density at radius 3 is 1.81 bits per heavy atom. The van der Waals surface area contributed by atoms with Crippen LogP contribution in [0.3, 0.4) is 0 Å². The molecule has 4 aromatic heterocycles. The van der Waals surface area contributed by atoms with Gasteiger partial charge in [0.05, 0.1) is 0 Å². The van der Waals surface area contributed by atoms with Gasteiger partial charge in [-0.15, -0.1) is 0 Å². The van der Waals surface area contributed by atoms with E-state index in [4.69, 9.17) is 9.84 Å². The first-order valence-corrected chi connectivity index (χ1v) is 20.6. The standard InChI is InChI=1S/C15H17Br2FO2Se2.C7HBr2FO2Se2/c1-3-5-6-8(4-2)7-20-15(19)12-10(18)9-11(21-12)14(17)22-13(9)16;8-5-1-2(10)4(7(11)12)13-3(1)6(9)14-5/h8H,3-7H2,1-2H3;(H,11,12). The van der Waals surface area contributed by atoms with Crippen molar-refractivity contribution >= 4 is 153 Å². The number of halogens is 6. The van der Waals surface area contributed by atoms with E-state index in [1.807, 2.05) is 0 Å². The molecule has 14 heteroatoms. The molecule has 4 nitrogen and oxygen atoms in total. The van der Waals surface area contributed by atoms with Crippen molar-refractivity contribution in [3.8, 4) is 0 Å². The van der Waals surface area contributed by atoms with Crippen LogP contribution >= 0.6 is 63.7 Å². The Morgan fingerprint density at radius 1 is 0.861 bits per heavy atom. The Labute approximate surface area is 264 Å². The monoisotopic (exact) mass is 1020 g/mol. The summed E-state index contributed by atoms with van der Waals surface area (Å²) in [7, 11) is 0. The Kier molecular flexibility index (Phi) is 12.6. The quantitative estimate of drug-likeness (QED) is 0.149. The second-order valence-electron chi connectivity index (χ2n) is 7.52. The summed E-state index contributed by atoms with van der Waals surface area (Å²) in [6, 6.07) is 0. The number of fused-ring (bicyclic) bond motifs is 2. The molecule has 1 N–H and O–H groups in total. The first kappa shape index (κ1) is 31.8. The van der Waals surface area contributed by atoms with Gasteiger partial charge in [-0.05, 0) is 0 Å². The minimum absolute atomic E-state index is 0.0769. The van der Waals surface area contributed by atoms with Gasteiger partial charge >= 0.3 is 267 Å². The molecule has 0 aliphatic rings. The SMILES string of the molecule is CCCCC(CC)COC(=O)c1[se]c2c(Br)[se]c(Br)c2c1F.O=C(O)c1[se]c2c(Br)[se]c(Br)c2c1F. The Hall–Kier alpha value is 1.24. The van der Waals surface area contributed by atoms with Crippen molar-refractivity contribution < 1.29 is 28.2 Å². The van der Waals surface area contributed by atoms with Crippen LogP contribution in [0.25, 0.3) is 19.3 Å². The third kappa shape index (κ3) is 7.11. The molecular weight excluding hydrogens is 1000 g/mol. The fraction of sp³-hybridized carbons (Fsp3) is 0.364. The van der Waals surface area contributed by atoms with Crippen LogP contribution in [0.2, 0.25) is 0 Å². The van der Waals surface area contributed by atoms with Gasteiger partial charge in [0, 0.05) is 0 Å². The summed E-state index contributed by atoms with van der Waals surface area (Å²) in [5.74, 6) is -2.19. The second kappa shape index (κ2) is 14.2. The third-order valence-corrected chi connectivity index (χ3v) is 20.7. The Morgan fingerprint density at radius 2 is 1.36 bits per heavy atom. The zero-order valence-electron chi connectivity index (χ0n) is 18.7. The number of carbonyl (C=O) groups excluding carboxylic acids is 1. The molecule has 4 aromatic rings. The zero-order valence-corrected chi connectivity index (χ0v) is 31.9. The van der Waals surface area contributed by atoms with Gasteiger partial charge in [0.25, 0.3) is 0 Å². The van der Waals surface area contributed by atoms with E-state index in [9.17, 15) is 18.4 Å². The molecule has 0 fully saturated rings. The zero-order chi connectivity index (χ0) is 26.7. The number of hydrogen-bond acceptors (Lipinski definition) is 3. The molecule has 196 valence electrons. The summed E-state index contributed by atoms with van der Waals surface area (Å²) in [6.45, 7) is 4.65. The van der Waals surface area contributed by atoms with Crippen molar-refractivity contribution in [2.45, 2.75) is 39.5 Å². The van der Waals surface area contributed by atoms with Crippen LogP contribution in [0.15, 0.2) is 13.4 Å². The van der Waals surface area contributed by atoms with E-state index in [0.29, 0.717) is 23.3 Å². The van der Waals surface area contributed by atoms with Crippen LogP contribution in [-0.4, -0.2) is 81.7 Å². The van der Waals surface area contributed by atoms with Gasteiger partial charge in [-0.1, -0.05) is 0 Å². The topological polar surface area (TPSA) is 63.6 Å². The van der Waals surface area contributed by atoms with Crippen molar-refractivity contribution in [1.82, 2.24) is 0 Å². The van der Waals surface area contributed by atoms with E-state index in [1.165, 1.54) is 0 Å². The maximum absolute atomic E-state index is 14.5. The minimum atomic E-state index is -1.15. The third-order valence-electron chi connectivity index (χ3n) is 5.18. The predicted octanol–water partition coefficient (Wildman–Crippen LogP) is 7.31. The number of carbonyl (C=O) groups is 2. The van der Waals surface area contributed by atoms with Crippen LogP contribution in [0.4, 0.5) is 8.78 Å². The number of rotatable bonds is 8. The van der Waals surface area contributed by atoms with Gasteiger partial charge in [0.2, 0.25) is 0 Å². The van der Waals surface area contributed by atoms with Crippen molar-refractivity contribution in [2.75, 3.05) is 6.61 Å². The maximum atomic E-state index is 14.5. The number of ether oxygens (including phenoxy) is 1. The van der Waals surface area contributed by atoms with Crippen molar-refractivity contribution in [1.29, 1.82) is 0 Å². The molecule has 0 radical (unpaired) electrons. The van der Waals surface area contributed by atoms with E-state index in [0.717, 1.165) is 47.6 Å². The van der Waals surface area contributed by atoms with Crippen LogP contribution in [0, 0.1) is 17.6 Å². The van der Waals surface area contributed by atoms with E-state index in [1.54, 1.807) is 0 Å². The van der Waals surface area contributed by atoms with Crippen molar-refractivity contribution in [2.24, 2.45) is 5.92 Å². The summed E-state index contributed by atoms with van der Waals surface area (Å²) in [6.07, 6.45) is 4.32. The summed E-state index contributed by atoms with van der Waals surface area (Å²) in [4.78, 5) is 22.9. The van der Waals surface area contributed by atoms with E-state index < -0.39 is 32.3 Å². The van der Waals surface area contributed by atoms with Gasteiger partial charge in [-0.3, -0.25) is 0 Å². The number of aromatic carboxylic acids is 1. The van der Waals surface area contributed by atoms with E-state index in [-0.39, 0.29) is 58.2 Å². The molecule has 0 aromatic carbocycles. The predicted molar refractivity (Wildman–Crippen MR) is 157 cm³/mol. The number of carboxylic acids is 1. The van der Waals surface area contributed by atoms with Gasteiger partial charge in [0.15, 0.2) is 0 Å². The number of unbranched alkanes of at least 4 members (excludes halogenated alkanes) is 1. The van der Waals surface area contributed by atoms with Crippen molar-refractivity contribution in [3.63, 3.8) is 0 Å². The average molecular weight is 1020 g/mol. The van der Waals surface area contributed by atoms with Gasteiger partial charge in [-0.25, -0.2) is 0 Å². The fourth-order valence-corrected chi connectivity index (χ4v) is 20.3. The molecule has 0 aliphatic carbocycles. The summed E-state index contributed by atoms with van der Waals surface area (Å²) >= 11 is 13.0. The number of carboxylic acid groups (broad SMARTS) is 1. The van der Waals surface area contributed by atoms with Crippen LogP contribution in [-0.2, 0) is 4.74 Å². The molecule has 1 unspecified atom stereocenters. The van der Waals surface area contributed by atoms with Crippen LogP contribution < -0.4 is 0 Å². The van der Waals surface area contributed by atoms with Gasteiger partial charge in [0.1, 0.15) is 0 Å². The summed E-state index contributed by atoms with van der Waals surface area (Å²) < 4.78 is 39.1. The number of esters is 1. The summed E-state index contributed by atoms with van der Waals surface area (Å²) in [5, 5.41) is 9.83. The van der Waals surface area contributed by atoms with E-state index >= 15 is 0 Å². The molecule has 1 atom stereocenters. The average Bonchev–Trinajstić information content (AvgIpc) is 3.52. The molecule has 0 saturated carbocycles. The molecule has 0 bridgehead atoms. The second-order valence-corrected chi connectivity index (χ2v) is 24.0. The van der Waals surface area contributed by atoms with Crippen molar-refractivity contribution in [3.05, 3.63) is 33.9 Å². The first-order valence-electron chi connectivity index (χ1n) is 10.5.